The Morgan fingerprint density at radius 2 is 1.86 bits per heavy atom. The third-order valence-electron chi connectivity index (χ3n) is 5.29. The molecule has 22 heavy (non-hydrogen) atoms. The summed E-state index contributed by atoms with van der Waals surface area (Å²) in [5, 5.41) is 9.11. The Bertz CT molecular complexity index is 623. The van der Waals surface area contributed by atoms with E-state index in [0.717, 1.165) is 32.1 Å². The molecule has 1 aromatic carbocycles. The van der Waals surface area contributed by atoms with E-state index in [-0.39, 0.29) is 17.9 Å². The molecule has 1 N–H and O–H groups in total. The number of amides is 1. The Morgan fingerprint density at radius 1 is 1.09 bits per heavy atom. The molecule has 2 saturated carbocycles. The van der Waals surface area contributed by atoms with Gasteiger partial charge in [-0.05, 0) is 49.7 Å². The predicted molar refractivity (Wildman–Crippen MR) is 81.2 cm³/mol. The van der Waals surface area contributed by atoms with Crippen molar-refractivity contribution in [2.45, 2.75) is 50.6 Å². The molecule has 4 rings (SSSR count). The molecule has 0 heterocycles. The molecule has 3 unspecified atom stereocenters. The molecule has 0 bridgehead atoms. The highest BCUT2D eigenvalue weighted by Gasteiger charge is 2.53. The summed E-state index contributed by atoms with van der Waals surface area (Å²) < 4.78 is 0. The van der Waals surface area contributed by atoms with Gasteiger partial charge >= 0.3 is 5.97 Å². The predicted octanol–water partition coefficient (Wildman–Crippen LogP) is 2.78. The largest absolute Gasteiger partial charge is 0.481 e. The number of rotatable bonds is 4. The lowest BCUT2D eigenvalue weighted by atomic mass is 9.86. The van der Waals surface area contributed by atoms with Crippen LogP contribution in [0.1, 0.15) is 49.3 Å². The molecule has 3 aliphatic rings. The molecule has 0 radical (unpaired) electrons. The van der Waals surface area contributed by atoms with Crippen molar-refractivity contribution in [2.75, 3.05) is 0 Å². The summed E-state index contributed by atoms with van der Waals surface area (Å²) in [6, 6.07) is 8.89. The Morgan fingerprint density at radius 3 is 2.55 bits per heavy atom. The molecule has 2 fully saturated rings. The lowest BCUT2D eigenvalue weighted by Crippen LogP contribution is -2.39. The van der Waals surface area contributed by atoms with Gasteiger partial charge in [-0.2, -0.15) is 0 Å². The number of nitrogens with zero attached hydrogens (tertiary/aromatic N) is 1. The van der Waals surface area contributed by atoms with Crippen LogP contribution in [0, 0.1) is 11.8 Å². The number of carboxylic acid groups (broad SMARTS) is 1. The highest BCUT2D eigenvalue weighted by Crippen LogP contribution is 2.47. The second-order valence-corrected chi connectivity index (χ2v) is 6.87. The van der Waals surface area contributed by atoms with Crippen molar-refractivity contribution >= 4 is 11.9 Å². The molecule has 0 saturated heterocycles. The number of hydrogen-bond donors (Lipinski definition) is 1. The van der Waals surface area contributed by atoms with Crippen molar-refractivity contribution in [1.82, 2.24) is 4.90 Å². The third-order valence-corrected chi connectivity index (χ3v) is 5.29. The quantitative estimate of drug-likeness (QED) is 0.930. The van der Waals surface area contributed by atoms with Crippen LogP contribution in [0.5, 0.6) is 0 Å². The number of carbonyl (C=O) groups is 2. The van der Waals surface area contributed by atoms with Gasteiger partial charge in [-0.1, -0.05) is 24.3 Å². The number of aryl methyl sites for hydroxylation is 1. The Hall–Kier alpha value is -1.84. The Labute approximate surface area is 130 Å². The van der Waals surface area contributed by atoms with Crippen LogP contribution in [0.3, 0.4) is 0 Å². The fourth-order valence-corrected chi connectivity index (χ4v) is 3.89. The molecular weight excluding hydrogens is 278 g/mol. The van der Waals surface area contributed by atoms with E-state index >= 15 is 0 Å². The maximum atomic E-state index is 12.9. The molecule has 4 nitrogen and oxygen atoms in total. The van der Waals surface area contributed by atoms with Gasteiger partial charge < -0.3 is 10.0 Å². The molecule has 116 valence electrons. The first-order valence-corrected chi connectivity index (χ1v) is 8.29. The summed E-state index contributed by atoms with van der Waals surface area (Å²) in [5.74, 6) is -1.48. The van der Waals surface area contributed by atoms with Crippen molar-refractivity contribution < 1.29 is 14.7 Å². The van der Waals surface area contributed by atoms with E-state index in [1.54, 1.807) is 0 Å². The van der Waals surface area contributed by atoms with Gasteiger partial charge in [0.25, 0.3) is 0 Å². The van der Waals surface area contributed by atoms with Gasteiger partial charge in [-0.15, -0.1) is 0 Å². The number of carboxylic acids is 1. The second kappa shape index (κ2) is 5.11. The SMILES string of the molecule is O=C(O)C1CC1C(=O)N(C1CC1)C1CCCc2ccccc21. The van der Waals surface area contributed by atoms with Crippen LogP contribution in [0.25, 0.3) is 0 Å². The van der Waals surface area contributed by atoms with E-state index in [1.807, 2.05) is 11.0 Å². The topological polar surface area (TPSA) is 57.6 Å². The average Bonchev–Trinajstić information content (AvgIpc) is 3.40. The summed E-state index contributed by atoms with van der Waals surface area (Å²) >= 11 is 0. The van der Waals surface area contributed by atoms with Gasteiger partial charge in [0.1, 0.15) is 0 Å². The van der Waals surface area contributed by atoms with Crippen molar-refractivity contribution in [3.63, 3.8) is 0 Å². The monoisotopic (exact) mass is 299 g/mol. The Balaban J connectivity index is 1.61. The van der Waals surface area contributed by atoms with Crippen molar-refractivity contribution in [1.29, 1.82) is 0 Å². The van der Waals surface area contributed by atoms with E-state index < -0.39 is 11.9 Å². The minimum atomic E-state index is -0.821. The minimum absolute atomic E-state index is 0.0802. The van der Waals surface area contributed by atoms with Gasteiger partial charge in [-0.3, -0.25) is 9.59 Å². The van der Waals surface area contributed by atoms with E-state index in [1.165, 1.54) is 11.1 Å². The van der Waals surface area contributed by atoms with Crippen LogP contribution in [0.4, 0.5) is 0 Å². The smallest absolute Gasteiger partial charge is 0.307 e. The van der Waals surface area contributed by atoms with Crippen molar-refractivity contribution in [2.24, 2.45) is 11.8 Å². The molecule has 3 aliphatic carbocycles. The molecule has 1 aromatic rings. The van der Waals surface area contributed by atoms with Gasteiger partial charge in [0, 0.05) is 6.04 Å². The van der Waals surface area contributed by atoms with Gasteiger partial charge in [0.15, 0.2) is 0 Å². The summed E-state index contributed by atoms with van der Waals surface area (Å²) in [4.78, 5) is 26.0. The number of aliphatic carboxylic acids is 1. The van der Waals surface area contributed by atoms with Crippen molar-refractivity contribution in [3.05, 3.63) is 35.4 Å². The van der Waals surface area contributed by atoms with E-state index in [9.17, 15) is 9.59 Å². The first-order valence-electron chi connectivity index (χ1n) is 8.29. The van der Waals surface area contributed by atoms with E-state index in [0.29, 0.717) is 12.5 Å². The van der Waals surface area contributed by atoms with Crippen LogP contribution in [-0.4, -0.2) is 27.9 Å². The van der Waals surface area contributed by atoms with E-state index in [2.05, 4.69) is 18.2 Å². The second-order valence-electron chi connectivity index (χ2n) is 6.87. The zero-order valence-corrected chi connectivity index (χ0v) is 12.6. The fourth-order valence-electron chi connectivity index (χ4n) is 3.89. The molecule has 1 amide bonds. The van der Waals surface area contributed by atoms with Crippen LogP contribution < -0.4 is 0 Å². The minimum Gasteiger partial charge on any atom is -0.481 e. The zero-order valence-electron chi connectivity index (χ0n) is 12.6. The number of carbonyl (C=O) groups excluding carboxylic acids is 1. The van der Waals surface area contributed by atoms with E-state index in [4.69, 9.17) is 5.11 Å². The summed E-state index contributed by atoms with van der Waals surface area (Å²) in [7, 11) is 0. The standard InChI is InChI=1S/C18H21NO3/c20-17(14-10-15(14)18(21)22)19(12-8-9-12)16-7-3-5-11-4-1-2-6-13(11)16/h1-2,4,6,12,14-16H,3,5,7-10H2,(H,21,22). The van der Waals surface area contributed by atoms with Crippen LogP contribution >= 0.6 is 0 Å². The summed E-state index contributed by atoms with van der Waals surface area (Å²) in [6.07, 6.45) is 5.84. The zero-order chi connectivity index (χ0) is 15.3. The van der Waals surface area contributed by atoms with Crippen LogP contribution in [-0.2, 0) is 16.0 Å². The fraction of sp³-hybridized carbons (Fsp3) is 0.556. The molecule has 0 spiro atoms. The van der Waals surface area contributed by atoms with Gasteiger partial charge in [-0.25, -0.2) is 0 Å². The molecule has 0 aromatic heterocycles. The number of fused-ring (bicyclic) bond motifs is 1. The molecule has 0 aliphatic heterocycles. The number of benzene rings is 1. The molecule has 3 atom stereocenters. The summed E-state index contributed by atoms with van der Waals surface area (Å²) in [6.45, 7) is 0. The van der Waals surface area contributed by atoms with Crippen LogP contribution in [0.2, 0.25) is 0 Å². The van der Waals surface area contributed by atoms with Gasteiger partial charge in [0.05, 0.1) is 17.9 Å². The number of hydrogen-bond acceptors (Lipinski definition) is 2. The van der Waals surface area contributed by atoms with Crippen molar-refractivity contribution in [3.8, 4) is 0 Å². The lowest BCUT2D eigenvalue weighted by molar-refractivity contribution is -0.143. The maximum Gasteiger partial charge on any atom is 0.307 e. The first-order chi connectivity index (χ1) is 10.7. The van der Waals surface area contributed by atoms with Crippen LogP contribution in [0.15, 0.2) is 24.3 Å². The highest BCUT2D eigenvalue weighted by atomic mass is 16.4. The lowest BCUT2D eigenvalue weighted by Gasteiger charge is -2.36. The third kappa shape index (κ3) is 2.31. The summed E-state index contributed by atoms with van der Waals surface area (Å²) in [5.41, 5.74) is 2.63. The highest BCUT2D eigenvalue weighted by molar-refractivity contribution is 5.90. The average molecular weight is 299 g/mol. The molecular formula is C18H21NO3. The first kappa shape index (κ1) is 13.8. The molecule has 4 heteroatoms. The Kier molecular flexibility index (Phi) is 3.21. The normalized spacial score (nSPS) is 29.5. The maximum absolute atomic E-state index is 12.9. The van der Waals surface area contributed by atoms with Gasteiger partial charge in [0.2, 0.25) is 5.91 Å².